The van der Waals surface area contributed by atoms with E-state index in [-0.39, 0.29) is 18.4 Å². The molecule has 5 heteroatoms. The second-order valence-electron chi connectivity index (χ2n) is 7.11. The minimum atomic E-state index is -0.862. The molecule has 26 heavy (non-hydrogen) atoms. The van der Waals surface area contributed by atoms with Gasteiger partial charge in [-0.2, -0.15) is 0 Å². The molecule has 0 saturated carbocycles. The Kier molecular flexibility index (Phi) is 4.45. The number of benzene rings is 2. The Morgan fingerprint density at radius 2 is 1.81 bits per heavy atom. The number of carbonyl (C=O) groups excluding carboxylic acids is 1. The van der Waals surface area contributed by atoms with E-state index in [1.807, 2.05) is 24.3 Å². The van der Waals surface area contributed by atoms with Gasteiger partial charge in [-0.15, -0.1) is 0 Å². The van der Waals surface area contributed by atoms with Crippen molar-refractivity contribution in [1.29, 1.82) is 0 Å². The summed E-state index contributed by atoms with van der Waals surface area (Å²) < 4.78 is 0. The van der Waals surface area contributed by atoms with E-state index in [0.29, 0.717) is 11.6 Å². The molecule has 0 unspecified atom stereocenters. The van der Waals surface area contributed by atoms with E-state index in [4.69, 9.17) is 11.6 Å². The van der Waals surface area contributed by atoms with Crippen molar-refractivity contribution in [2.75, 3.05) is 13.1 Å². The number of carboxylic acids is 1. The van der Waals surface area contributed by atoms with Gasteiger partial charge in [0.05, 0.1) is 5.92 Å². The van der Waals surface area contributed by atoms with E-state index >= 15 is 0 Å². The molecule has 4 nitrogen and oxygen atoms in total. The number of carbonyl (C=O) groups is 2. The predicted octanol–water partition coefficient (Wildman–Crippen LogP) is 3.77. The Balaban J connectivity index is 1.62. The Hall–Kier alpha value is -2.33. The lowest BCUT2D eigenvalue weighted by Crippen LogP contribution is -2.30. The molecule has 2 atom stereocenters. The van der Waals surface area contributed by atoms with Gasteiger partial charge in [0, 0.05) is 29.6 Å². The molecule has 2 aromatic rings. The average Bonchev–Trinajstić information content (AvgIpc) is 3.28. The summed E-state index contributed by atoms with van der Waals surface area (Å²) in [5, 5.41) is 10.3. The number of carboxylic acid groups (broad SMARTS) is 1. The zero-order chi connectivity index (χ0) is 18.3. The second kappa shape index (κ2) is 6.76. The van der Waals surface area contributed by atoms with Crippen molar-refractivity contribution in [2.45, 2.75) is 25.2 Å². The largest absolute Gasteiger partial charge is 0.481 e. The van der Waals surface area contributed by atoms with Gasteiger partial charge in [-0.05, 0) is 54.2 Å². The second-order valence-corrected chi connectivity index (χ2v) is 7.55. The standard InChI is InChI=1S/C21H20ClNO3/c22-15-9-7-14(8-10-15)18-11-23(12-19(18)21(25)26)20(24)17-6-2-4-13-3-1-5-16(13)17/h2,4,6-10,18-19H,1,3,5,11-12H2,(H,25,26)/t18-,19+/m0/s1. The van der Waals surface area contributed by atoms with E-state index < -0.39 is 11.9 Å². The summed E-state index contributed by atoms with van der Waals surface area (Å²) in [6.45, 7) is 0.659. The summed E-state index contributed by atoms with van der Waals surface area (Å²) in [7, 11) is 0. The molecular weight excluding hydrogens is 350 g/mol. The number of aryl methyl sites for hydroxylation is 1. The van der Waals surface area contributed by atoms with Gasteiger partial charge in [0.15, 0.2) is 0 Å². The fourth-order valence-electron chi connectivity index (χ4n) is 4.26. The molecule has 1 amide bonds. The summed E-state index contributed by atoms with van der Waals surface area (Å²) >= 11 is 5.95. The van der Waals surface area contributed by atoms with Crippen molar-refractivity contribution in [3.63, 3.8) is 0 Å². The maximum Gasteiger partial charge on any atom is 0.308 e. The van der Waals surface area contributed by atoms with Crippen LogP contribution in [0.1, 0.15) is 39.4 Å². The number of hydrogen-bond donors (Lipinski definition) is 1. The molecule has 0 bridgehead atoms. The van der Waals surface area contributed by atoms with E-state index in [0.717, 1.165) is 36.0 Å². The topological polar surface area (TPSA) is 57.6 Å². The maximum absolute atomic E-state index is 13.1. The smallest absolute Gasteiger partial charge is 0.308 e. The molecule has 1 heterocycles. The van der Waals surface area contributed by atoms with E-state index in [9.17, 15) is 14.7 Å². The molecule has 1 N–H and O–H groups in total. The molecule has 2 aliphatic rings. The number of nitrogens with zero attached hydrogens (tertiary/aromatic N) is 1. The van der Waals surface area contributed by atoms with Gasteiger partial charge in [0.2, 0.25) is 0 Å². The quantitative estimate of drug-likeness (QED) is 0.896. The number of hydrogen-bond acceptors (Lipinski definition) is 2. The Bertz CT molecular complexity index is 862. The van der Waals surface area contributed by atoms with Gasteiger partial charge < -0.3 is 10.0 Å². The molecule has 134 valence electrons. The van der Waals surface area contributed by atoms with Crippen LogP contribution in [0.15, 0.2) is 42.5 Å². The predicted molar refractivity (Wildman–Crippen MR) is 99.7 cm³/mol. The molecule has 1 aliphatic carbocycles. The minimum absolute atomic E-state index is 0.0496. The summed E-state index contributed by atoms with van der Waals surface area (Å²) in [6.07, 6.45) is 3.01. The first kappa shape index (κ1) is 17.1. The SMILES string of the molecule is O=C(O)[C@@H]1CN(C(=O)c2cccc3c2CCC3)C[C@H]1c1ccc(Cl)cc1. The van der Waals surface area contributed by atoms with Crippen LogP contribution in [0.4, 0.5) is 0 Å². The monoisotopic (exact) mass is 369 g/mol. The normalized spacial score (nSPS) is 21.7. The fourth-order valence-corrected chi connectivity index (χ4v) is 4.38. The lowest BCUT2D eigenvalue weighted by Gasteiger charge is -2.18. The van der Waals surface area contributed by atoms with Crippen LogP contribution in [0.5, 0.6) is 0 Å². The third-order valence-corrected chi connectivity index (χ3v) is 5.85. The minimum Gasteiger partial charge on any atom is -0.481 e. The zero-order valence-corrected chi connectivity index (χ0v) is 15.1. The molecule has 1 fully saturated rings. The molecular formula is C21H20ClNO3. The average molecular weight is 370 g/mol. The Labute approximate surface area is 157 Å². The lowest BCUT2D eigenvalue weighted by atomic mass is 9.89. The van der Waals surface area contributed by atoms with Gasteiger partial charge in [0.1, 0.15) is 0 Å². The van der Waals surface area contributed by atoms with Crippen LogP contribution in [0, 0.1) is 5.92 Å². The number of rotatable bonds is 3. The maximum atomic E-state index is 13.1. The highest BCUT2D eigenvalue weighted by Crippen LogP contribution is 2.35. The van der Waals surface area contributed by atoms with Crippen LogP contribution in [0.25, 0.3) is 0 Å². The number of amides is 1. The van der Waals surface area contributed by atoms with Crippen molar-refractivity contribution in [3.8, 4) is 0 Å². The van der Waals surface area contributed by atoms with Crippen molar-refractivity contribution >= 4 is 23.5 Å². The third kappa shape index (κ3) is 2.99. The highest BCUT2D eigenvalue weighted by atomic mass is 35.5. The van der Waals surface area contributed by atoms with Crippen LogP contribution in [-0.4, -0.2) is 35.0 Å². The van der Waals surface area contributed by atoms with Crippen LogP contribution in [0.2, 0.25) is 5.02 Å². The molecule has 0 spiro atoms. The summed E-state index contributed by atoms with van der Waals surface area (Å²) in [4.78, 5) is 26.6. The first-order valence-electron chi connectivity index (χ1n) is 8.93. The Morgan fingerprint density at radius 1 is 1.04 bits per heavy atom. The molecule has 1 aliphatic heterocycles. The number of halogens is 1. The van der Waals surface area contributed by atoms with E-state index in [1.165, 1.54) is 5.56 Å². The number of fused-ring (bicyclic) bond motifs is 1. The summed E-state index contributed by atoms with van der Waals surface area (Å²) in [5.74, 6) is -1.73. The van der Waals surface area contributed by atoms with Gasteiger partial charge in [0.25, 0.3) is 5.91 Å². The van der Waals surface area contributed by atoms with Crippen molar-refractivity contribution in [1.82, 2.24) is 4.90 Å². The van der Waals surface area contributed by atoms with Crippen molar-refractivity contribution in [3.05, 3.63) is 69.7 Å². The molecule has 0 radical (unpaired) electrons. The molecule has 1 saturated heterocycles. The van der Waals surface area contributed by atoms with Crippen LogP contribution in [0.3, 0.4) is 0 Å². The van der Waals surface area contributed by atoms with Crippen LogP contribution < -0.4 is 0 Å². The number of likely N-dealkylation sites (tertiary alicyclic amines) is 1. The Morgan fingerprint density at radius 3 is 2.54 bits per heavy atom. The van der Waals surface area contributed by atoms with Crippen molar-refractivity contribution < 1.29 is 14.7 Å². The van der Waals surface area contributed by atoms with Gasteiger partial charge in [-0.3, -0.25) is 9.59 Å². The molecule has 0 aromatic heterocycles. The van der Waals surface area contributed by atoms with Crippen LogP contribution in [-0.2, 0) is 17.6 Å². The van der Waals surface area contributed by atoms with Gasteiger partial charge >= 0.3 is 5.97 Å². The van der Waals surface area contributed by atoms with E-state index in [2.05, 4.69) is 6.07 Å². The zero-order valence-electron chi connectivity index (χ0n) is 14.3. The van der Waals surface area contributed by atoms with E-state index in [1.54, 1.807) is 17.0 Å². The van der Waals surface area contributed by atoms with Crippen molar-refractivity contribution in [2.24, 2.45) is 5.92 Å². The van der Waals surface area contributed by atoms with Gasteiger partial charge in [-0.25, -0.2) is 0 Å². The number of aliphatic carboxylic acids is 1. The third-order valence-electron chi connectivity index (χ3n) is 5.60. The first-order valence-corrected chi connectivity index (χ1v) is 9.30. The fraction of sp³-hybridized carbons (Fsp3) is 0.333. The summed E-state index contributed by atoms with van der Waals surface area (Å²) in [5.41, 5.74) is 4.04. The van der Waals surface area contributed by atoms with Crippen LogP contribution >= 0.6 is 11.6 Å². The molecule has 4 rings (SSSR count). The first-order chi connectivity index (χ1) is 12.5. The highest BCUT2D eigenvalue weighted by Gasteiger charge is 2.41. The van der Waals surface area contributed by atoms with Gasteiger partial charge in [-0.1, -0.05) is 35.9 Å². The summed E-state index contributed by atoms with van der Waals surface area (Å²) in [6, 6.07) is 13.1. The highest BCUT2D eigenvalue weighted by molar-refractivity contribution is 6.30. The molecule has 2 aromatic carbocycles. The lowest BCUT2D eigenvalue weighted by molar-refractivity contribution is -0.141.